The molecule has 0 spiro atoms. The van der Waals surface area contributed by atoms with Crippen LogP contribution in [0.15, 0.2) is 59.0 Å². The molecule has 0 aliphatic carbocycles. The largest absolute Gasteiger partial charge is 0.368 e. The molecule has 4 nitrogen and oxygen atoms in total. The maximum absolute atomic E-state index is 12.5. The van der Waals surface area contributed by atoms with Gasteiger partial charge in [-0.2, -0.15) is 0 Å². The van der Waals surface area contributed by atoms with Crippen molar-refractivity contribution in [2.24, 2.45) is 0 Å². The van der Waals surface area contributed by atoms with Gasteiger partial charge in [0.15, 0.2) is 0 Å². The zero-order valence-electron chi connectivity index (χ0n) is 17.1. The highest BCUT2D eigenvalue weighted by Crippen LogP contribution is 2.31. The molecule has 2 aromatic rings. The summed E-state index contributed by atoms with van der Waals surface area (Å²) in [7, 11) is 0. The topological polar surface area (TPSA) is 35.6 Å². The summed E-state index contributed by atoms with van der Waals surface area (Å²) < 4.78 is 0. The molecule has 2 aliphatic rings. The Morgan fingerprint density at radius 2 is 1.77 bits per heavy atom. The van der Waals surface area contributed by atoms with Crippen LogP contribution in [0.3, 0.4) is 0 Å². The second kappa shape index (κ2) is 10.4. The number of thioether (sulfide) groups is 1. The average Bonchev–Trinajstić information content (AvgIpc) is 2.79. The summed E-state index contributed by atoms with van der Waals surface area (Å²) in [5, 5.41) is 3.92. The summed E-state index contributed by atoms with van der Waals surface area (Å²) in [4.78, 5) is 18.6. The van der Waals surface area contributed by atoms with Crippen molar-refractivity contribution in [3.05, 3.63) is 64.7 Å². The summed E-state index contributed by atoms with van der Waals surface area (Å²) >= 11 is 8.06. The van der Waals surface area contributed by atoms with Crippen molar-refractivity contribution >= 4 is 41.0 Å². The lowest BCUT2D eigenvalue weighted by Gasteiger charge is -2.36. The third-order valence-corrected chi connectivity index (χ3v) is 7.13. The van der Waals surface area contributed by atoms with Gasteiger partial charge in [0.25, 0.3) is 0 Å². The molecule has 1 fully saturated rings. The third kappa shape index (κ3) is 5.39. The van der Waals surface area contributed by atoms with Gasteiger partial charge in [0.2, 0.25) is 5.91 Å². The fourth-order valence-corrected chi connectivity index (χ4v) is 5.19. The minimum atomic E-state index is 0.0744. The lowest BCUT2D eigenvalue weighted by molar-refractivity contribution is -0.117. The van der Waals surface area contributed by atoms with E-state index < -0.39 is 0 Å². The monoisotopic (exact) mass is 441 g/mol. The van der Waals surface area contributed by atoms with Gasteiger partial charge in [0.05, 0.1) is 10.7 Å². The number of amides is 1. The number of nitrogens with one attached hydrogen (secondary N) is 1. The Balaban J connectivity index is 1.13. The lowest BCUT2D eigenvalue weighted by Crippen LogP contribution is -2.46. The Kier molecular flexibility index (Phi) is 7.37. The molecule has 4 rings (SSSR count). The predicted octanol–water partition coefficient (Wildman–Crippen LogP) is 4.55. The maximum Gasteiger partial charge on any atom is 0.248 e. The van der Waals surface area contributed by atoms with Crippen LogP contribution in [0.1, 0.15) is 18.4 Å². The van der Waals surface area contributed by atoms with E-state index in [0.29, 0.717) is 0 Å². The molecule has 0 unspecified atom stereocenters. The van der Waals surface area contributed by atoms with Crippen molar-refractivity contribution < 1.29 is 4.79 Å². The number of halogens is 1. The smallest absolute Gasteiger partial charge is 0.248 e. The van der Waals surface area contributed by atoms with E-state index in [1.165, 1.54) is 4.90 Å². The second-order valence-electron chi connectivity index (χ2n) is 7.74. The van der Waals surface area contributed by atoms with Gasteiger partial charge in [-0.3, -0.25) is 9.69 Å². The fraction of sp³-hybridized carbons (Fsp3) is 0.375. The van der Waals surface area contributed by atoms with E-state index in [1.807, 2.05) is 36.4 Å². The number of piperazine rings is 1. The molecule has 0 aromatic heterocycles. The molecule has 1 N–H and O–H groups in total. The molecule has 0 saturated carbocycles. The van der Waals surface area contributed by atoms with Gasteiger partial charge >= 0.3 is 0 Å². The Labute approximate surface area is 188 Å². The molecule has 1 amide bonds. The normalized spacial score (nSPS) is 16.7. The SMILES string of the molecule is O=C(NCCCCN1CCN(c2ccccc2Cl)CC1)C1=Cc2ccccc2SC1. The molecule has 1 saturated heterocycles. The number of carbonyl (C=O) groups is 1. The number of benzene rings is 2. The van der Waals surface area contributed by atoms with Crippen LogP contribution in [0.2, 0.25) is 5.02 Å². The highest BCUT2D eigenvalue weighted by molar-refractivity contribution is 7.99. The van der Waals surface area contributed by atoms with E-state index >= 15 is 0 Å². The van der Waals surface area contributed by atoms with Crippen LogP contribution < -0.4 is 10.2 Å². The van der Waals surface area contributed by atoms with Crippen LogP contribution in [-0.2, 0) is 4.79 Å². The van der Waals surface area contributed by atoms with Crippen molar-refractivity contribution in [2.45, 2.75) is 17.7 Å². The number of rotatable bonds is 7. The number of fused-ring (bicyclic) bond motifs is 1. The molecule has 0 bridgehead atoms. The highest BCUT2D eigenvalue weighted by Gasteiger charge is 2.19. The van der Waals surface area contributed by atoms with Crippen LogP contribution >= 0.6 is 23.4 Å². The van der Waals surface area contributed by atoms with Gasteiger partial charge in [-0.25, -0.2) is 0 Å². The van der Waals surface area contributed by atoms with Crippen molar-refractivity contribution in [1.29, 1.82) is 0 Å². The molecular weight excluding hydrogens is 414 g/mol. The fourth-order valence-electron chi connectivity index (χ4n) is 3.94. The van der Waals surface area contributed by atoms with Crippen LogP contribution in [0.25, 0.3) is 6.08 Å². The van der Waals surface area contributed by atoms with Crippen molar-refractivity contribution in [3.8, 4) is 0 Å². The molecular formula is C24H28ClN3OS. The average molecular weight is 442 g/mol. The van der Waals surface area contributed by atoms with Gasteiger partial charge < -0.3 is 10.2 Å². The van der Waals surface area contributed by atoms with Gasteiger partial charge in [0, 0.05) is 48.9 Å². The van der Waals surface area contributed by atoms with Crippen molar-refractivity contribution in [3.63, 3.8) is 0 Å². The van der Waals surface area contributed by atoms with E-state index in [4.69, 9.17) is 11.6 Å². The number of nitrogens with zero attached hydrogens (tertiary/aromatic N) is 2. The standard InChI is InChI=1S/C24H28ClN3OS/c25-21-8-2-3-9-22(21)28-15-13-27(14-16-28)12-6-5-11-26-24(29)20-17-19-7-1-4-10-23(19)30-18-20/h1-4,7-10,17H,5-6,11-16,18H2,(H,26,29). The van der Waals surface area contributed by atoms with E-state index in [1.54, 1.807) is 11.8 Å². The van der Waals surface area contributed by atoms with Crippen LogP contribution in [0, 0.1) is 0 Å². The summed E-state index contributed by atoms with van der Waals surface area (Å²) in [5.41, 5.74) is 3.16. The minimum absolute atomic E-state index is 0.0744. The number of hydrogen-bond donors (Lipinski definition) is 1. The molecule has 2 aliphatic heterocycles. The maximum atomic E-state index is 12.5. The highest BCUT2D eigenvalue weighted by atomic mass is 35.5. The van der Waals surface area contributed by atoms with Gasteiger partial charge in [-0.05, 0) is 49.2 Å². The summed E-state index contributed by atoms with van der Waals surface area (Å²) in [6.45, 7) is 5.95. The number of anilines is 1. The van der Waals surface area contributed by atoms with Crippen molar-refractivity contribution in [2.75, 3.05) is 49.9 Å². The third-order valence-electron chi connectivity index (χ3n) is 5.68. The Bertz CT molecular complexity index is 909. The number of hydrogen-bond acceptors (Lipinski definition) is 4. The number of para-hydroxylation sites is 1. The lowest BCUT2D eigenvalue weighted by atomic mass is 10.1. The molecule has 0 radical (unpaired) electrons. The minimum Gasteiger partial charge on any atom is -0.368 e. The summed E-state index contributed by atoms with van der Waals surface area (Å²) in [6.07, 6.45) is 4.14. The molecule has 6 heteroatoms. The Morgan fingerprint density at radius 3 is 2.60 bits per heavy atom. The quantitative estimate of drug-likeness (QED) is 0.639. The Hall–Kier alpha value is -1.95. The zero-order valence-corrected chi connectivity index (χ0v) is 18.7. The first-order valence-electron chi connectivity index (χ1n) is 10.6. The number of unbranched alkanes of at least 4 members (excludes halogenated alkanes) is 1. The van der Waals surface area contributed by atoms with Gasteiger partial charge in [0.1, 0.15) is 0 Å². The first kappa shape index (κ1) is 21.3. The first-order chi connectivity index (χ1) is 14.7. The van der Waals surface area contributed by atoms with Crippen LogP contribution in [-0.4, -0.2) is 55.8 Å². The van der Waals surface area contributed by atoms with Gasteiger partial charge in [-0.1, -0.05) is 41.9 Å². The molecule has 158 valence electrons. The first-order valence-corrected chi connectivity index (χ1v) is 12.0. The predicted molar refractivity (Wildman–Crippen MR) is 127 cm³/mol. The zero-order chi connectivity index (χ0) is 20.8. The molecule has 2 heterocycles. The van der Waals surface area contributed by atoms with Crippen LogP contribution in [0.5, 0.6) is 0 Å². The molecule has 0 atom stereocenters. The van der Waals surface area contributed by atoms with E-state index in [-0.39, 0.29) is 5.91 Å². The van der Waals surface area contributed by atoms with E-state index in [2.05, 4.69) is 33.3 Å². The summed E-state index contributed by atoms with van der Waals surface area (Å²) in [5.74, 6) is 0.823. The number of carbonyl (C=O) groups excluding carboxylic acids is 1. The van der Waals surface area contributed by atoms with Crippen molar-refractivity contribution in [1.82, 2.24) is 10.2 Å². The Morgan fingerprint density at radius 1 is 1.00 bits per heavy atom. The summed E-state index contributed by atoms with van der Waals surface area (Å²) in [6, 6.07) is 16.3. The van der Waals surface area contributed by atoms with Crippen LogP contribution in [0.4, 0.5) is 5.69 Å². The molecule has 2 aromatic carbocycles. The second-order valence-corrected chi connectivity index (χ2v) is 9.16. The molecule has 30 heavy (non-hydrogen) atoms. The van der Waals surface area contributed by atoms with E-state index in [0.717, 1.165) is 79.7 Å². The van der Waals surface area contributed by atoms with E-state index in [9.17, 15) is 4.79 Å². The van der Waals surface area contributed by atoms with Gasteiger partial charge in [-0.15, -0.1) is 11.8 Å².